The van der Waals surface area contributed by atoms with Gasteiger partial charge in [-0.25, -0.2) is 14.3 Å². The number of hydrogen-bond donors (Lipinski definition) is 2. The zero-order valence-electron chi connectivity index (χ0n) is 33.8. The predicted molar refractivity (Wildman–Crippen MR) is 219 cm³/mol. The number of benzene rings is 2. The van der Waals surface area contributed by atoms with Gasteiger partial charge in [-0.3, -0.25) is 39.1 Å². The number of ether oxygens (including phenoxy) is 2. The number of imide groups is 2. The van der Waals surface area contributed by atoms with E-state index in [9.17, 15) is 28.8 Å². The predicted octanol–water partition coefficient (Wildman–Crippen LogP) is 5.93. The minimum atomic E-state index is -1.00. The number of rotatable bonds is 9. The van der Waals surface area contributed by atoms with Crippen LogP contribution in [0.3, 0.4) is 0 Å². The van der Waals surface area contributed by atoms with Gasteiger partial charge in [0.2, 0.25) is 11.8 Å². The lowest BCUT2D eigenvalue weighted by Gasteiger charge is -2.34. The summed E-state index contributed by atoms with van der Waals surface area (Å²) in [6, 6.07) is 14.9. The van der Waals surface area contributed by atoms with Gasteiger partial charge in [-0.2, -0.15) is 0 Å². The van der Waals surface area contributed by atoms with Crippen LogP contribution < -0.4 is 20.3 Å². The van der Waals surface area contributed by atoms with Gasteiger partial charge in [0.05, 0.1) is 35.0 Å². The number of hydrogen-bond acceptors (Lipinski definition) is 11. The van der Waals surface area contributed by atoms with Crippen molar-refractivity contribution in [3.8, 4) is 5.75 Å². The van der Waals surface area contributed by atoms with E-state index < -0.39 is 41.4 Å². The summed E-state index contributed by atoms with van der Waals surface area (Å²) in [6.45, 7) is 8.33. The third-order valence-corrected chi connectivity index (χ3v) is 11.7. The minimum absolute atomic E-state index is 0.0626. The number of likely N-dealkylation sites (tertiary alicyclic amines) is 1. The molecule has 2 atom stereocenters. The first kappa shape index (κ1) is 39.7. The molecule has 15 heteroatoms. The van der Waals surface area contributed by atoms with Crippen molar-refractivity contribution in [3.05, 3.63) is 83.2 Å². The van der Waals surface area contributed by atoms with E-state index in [2.05, 4.69) is 32.5 Å². The second-order valence-corrected chi connectivity index (χ2v) is 16.8. The number of fused-ring (bicyclic) bond motifs is 2. The Kier molecular flexibility index (Phi) is 10.7. The van der Waals surface area contributed by atoms with Crippen molar-refractivity contribution in [3.63, 3.8) is 0 Å². The van der Waals surface area contributed by atoms with Gasteiger partial charge < -0.3 is 19.7 Å². The molecule has 5 amide bonds. The zero-order chi connectivity index (χ0) is 41.6. The summed E-state index contributed by atoms with van der Waals surface area (Å²) < 4.78 is 13.5. The van der Waals surface area contributed by atoms with E-state index >= 15 is 0 Å². The topological polar surface area (TPSA) is 172 Å². The Balaban J connectivity index is 0.849. The number of nitrogens with zero attached hydrogens (tertiary/aromatic N) is 5. The molecule has 3 fully saturated rings. The number of anilines is 2. The Morgan fingerprint density at radius 2 is 1.68 bits per heavy atom. The van der Waals surface area contributed by atoms with Crippen LogP contribution in [0.25, 0.3) is 10.9 Å². The molecular weight excluding hydrogens is 755 g/mol. The molecule has 0 spiro atoms. The van der Waals surface area contributed by atoms with Gasteiger partial charge in [-0.1, -0.05) is 6.07 Å². The first-order valence-electron chi connectivity index (χ1n) is 20.3. The molecule has 6 heterocycles. The standard InChI is InChI=1S/C44H49N7O8/c1-44(2,3)59-43(57)50-34-24-36(45-25-28(34)23-35(50)31-9-6-19-48(31)4)46-39(53)27-10-12-29(13-11-27)58-22-18-26-16-20-49(21-17-26)32-8-5-7-30-38(32)42(56)51(41(30)55)33-14-15-37(52)47-40(33)54/h5,7-8,10-13,23-26,31,33H,6,9,14-22H2,1-4H3,(H,45,46,53)(H,47,52,54)/t31-,33?/m1/s1. The number of nitrogens with one attached hydrogen (secondary N) is 2. The molecule has 1 unspecified atom stereocenters. The van der Waals surface area contributed by atoms with Crippen molar-refractivity contribution in [2.75, 3.05) is 43.5 Å². The van der Waals surface area contributed by atoms with E-state index in [1.807, 2.05) is 32.9 Å². The maximum atomic E-state index is 13.6. The zero-order valence-corrected chi connectivity index (χ0v) is 33.8. The van der Waals surface area contributed by atoms with Crippen molar-refractivity contribution >= 4 is 58.0 Å². The third kappa shape index (κ3) is 8.03. The highest BCUT2D eigenvalue weighted by atomic mass is 16.6. The molecule has 3 saturated heterocycles. The van der Waals surface area contributed by atoms with Crippen LogP contribution in [0.15, 0.2) is 60.8 Å². The first-order valence-corrected chi connectivity index (χ1v) is 20.3. The van der Waals surface area contributed by atoms with E-state index in [1.165, 1.54) is 0 Å². The number of pyridine rings is 1. The van der Waals surface area contributed by atoms with Gasteiger partial charge >= 0.3 is 6.09 Å². The fourth-order valence-electron chi connectivity index (χ4n) is 8.69. The second kappa shape index (κ2) is 15.9. The highest BCUT2D eigenvalue weighted by molar-refractivity contribution is 6.25. The molecule has 308 valence electrons. The number of carbonyl (C=O) groups is 6. The summed E-state index contributed by atoms with van der Waals surface area (Å²) in [7, 11) is 2.05. The van der Waals surface area contributed by atoms with E-state index in [1.54, 1.807) is 53.2 Å². The monoisotopic (exact) mass is 803 g/mol. The minimum Gasteiger partial charge on any atom is -0.494 e. The SMILES string of the molecule is CN1CCC[C@@H]1c1cc2cnc(NC(=O)c3ccc(OCCC4CCN(c5cccc6c5C(=O)N(C5CCC(=O)NC5=O)C6=O)CC4)cc3)cc2n1C(=O)OC(C)(C)C. The number of aromatic nitrogens is 2. The fourth-order valence-corrected chi connectivity index (χ4v) is 8.69. The molecular formula is C44H49N7O8. The van der Waals surface area contributed by atoms with Crippen molar-refractivity contribution in [1.82, 2.24) is 24.7 Å². The van der Waals surface area contributed by atoms with E-state index in [-0.39, 0.29) is 30.4 Å². The molecule has 4 aliphatic rings. The Morgan fingerprint density at radius 3 is 2.37 bits per heavy atom. The van der Waals surface area contributed by atoms with Gasteiger partial charge in [0.15, 0.2) is 0 Å². The molecule has 2 aromatic heterocycles. The number of carbonyl (C=O) groups excluding carboxylic acids is 6. The number of piperidine rings is 2. The molecule has 0 aliphatic carbocycles. The summed E-state index contributed by atoms with van der Waals surface area (Å²) in [6.07, 6.45) is 5.89. The van der Waals surface area contributed by atoms with Crippen molar-refractivity contribution in [1.29, 1.82) is 0 Å². The van der Waals surface area contributed by atoms with Crippen LogP contribution in [0.4, 0.5) is 16.3 Å². The fraction of sp³-hybridized carbons (Fsp3) is 0.432. The molecule has 0 saturated carbocycles. The van der Waals surface area contributed by atoms with E-state index in [0.717, 1.165) is 54.6 Å². The van der Waals surface area contributed by atoms with Crippen LogP contribution >= 0.6 is 0 Å². The summed E-state index contributed by atoms with van der Waals surface area (Å²) in [5, 5.41) is 5.90. The van der Waals surface area contributed by atoms with Gasteiger partial charge in [0.1, 0.15) is 23.2 Å². The van der Waals surface area contributed by atoms with Gasteiger partial charge in [0.25, 0.3) is 17.7 Å². The van der Waals surface area contributed by atoms with Crippen LogP contribution in [0.5, 0.6) is 5.75 Å². The average molecular weight is 804 g/mol. The van der Waals surface area contributed by atoms with Crippen LogP contribution in [-0.2, 0) is 14.3 Å². The molecule has 2 aromatic carbocycles. The molecule has 0 radical (unpaired) electrons. The summed E-state index contributed by atoms with van der Waals surface area (Å²) >= 11 is 0. The lowest BCUT2D eigenvalue weighted by molar-refractivity contribution is -0.136. The van der Waals surface area contributed by atoms with Crippen molar-refractivity contribution in [2.45, 2.75) is 83.4 Å². The van der Waals surface area contributed by atoms with Crippen LogP contribution in [0.2, 0.25) is 0 Å². The van der Waals surface area contributed by atoms with Crippen LogP contribution in [0, 0.1) is 5.92 Å². The molecule has 4 aliphatic heterocycles. The van der Waals surface area contributed by atoms with Gasteiger partial charge in [-0.15, -0.1) is 0 Å². The Labute approximate surface area is 342 Å². The lowest BCUT2D eigenvalue weighted by Crippen LogP contribution is -2.54. The Morgan fingerprint density at radius 1 is 0.915 bits per heavy atom. The molecule has 0 bridgehead atoms. The first-order chi connectivity index (χ1) is 28.3. The molecule has 15 nitrogen and oxygen atoms in total. The van der Waals surface area contributed by atoms with Crippen molar-refractivity contribution in [2.24, 2.45) is 5.92 Å². The van der Waals surface area contributed by atoms with Crippen LogP contribution in [0.1, 0.15) is 109 Å². The summed E-state index contributed by atoms with van der Waals surface area (Å²) in [5.41, 5.74) is 2.47. The maximum Gasteiger partial charge on any atom is 0.419 e. The quantitative estimate of drug-likeness (QED) is 0.192. The Bertz CT molecular complexity index is 2340. The summed E-state index contributed by atoms with van der Waals surface area (Å²) in [5.74, 6) is -1.04. The van der Waals surface area contributed by atoms with E-state index in [0.29, 0.717) is 59.5 Å². The molecule has 2 N–H and O–H groups in total. The van der Waals surface area contributed by atoms with Gasteiger partial charge in [0, 0.05) is 48.4 Å². The largest absolute Gasteiger partial charge is 0.494 e. The molecule has 4 aromatic rings. The normalized spacial score (nSPS) is 20.3. The highest BCUT2D eigenvalue weighted by Gasteiger charge is 2.46. The summed E-state index contributed by atoms with van der Waals surface area (Å²) in [4.78, 5) is 87.8. The Hall–Kier alpha value is -6.09. The highest BCUT2D eigenvalue weighted by Crippen LogP contribution is 2.37. The third-order valence-electron chi connectivity index (χ3n) is 11.7. The molecule has 59 heavy (non-hydrogen) atoms. The van der Waals surface area contributed by atoms with Crippen LogP contribution in [-0.4, -0.2) is 99.9 Å². The van der Waals surface area contributed by atoms with Crippen molar-refractivity contribution < 1.29 is 38.2 Å². The van der Waals surface area contributed by atoms with E-state index in [4.69, 9.17) is 9.47 Å². The van der Waals surface area contributed by atoms with Gasteiger partial charge in [-0.05, 0) is 121 Å². The average Bonchev–Trinajstić information content (AvgIpc) is 3.87. The lowest BCUT2D eigenvalue weighted by atomic mass is 9.93. The second-order valence-electron chi connectivity index (χ2n) is 16.8. The smallest absolute Gasteiger partial charge is 0.419 e. The maximum absolute atomic E-state index is 13.6. The molecule has 8 rings (SSSR count). The number of amides is 5.